The molecule has 0 amide bonds. The van der Waals surface area contributed by atoms with Crippen molar-refractivity contribution in [2.24, 2.45) is 0 Å². The van der Waals surface area contributed by atoms with Gasteiger partial charge in [-0.05, 0) is 22.9 Å². The SMILES string of the molecule is [B]c1cccc2c1ccc1oc3ccccc3c12. The summed E-state index contributed by atoms with van der Waals surface area (Å²) in [6, 6.07) is 18.1. The normalized spacial score (nSPS) is 11.6. The van der Waals surface area contributed by atoms with Gasteiger partial charge < -0.3 is 4.42 Å². The molecule has 1 heterocycles. The maximum absolute atomic E-state index is 6.03. The highest BCUT2D eigenvalue weighted by Crippen LogP contribution is 2.33. The van der Waals surface area contributed by atoms with Gasteiger partial charge in [-0.25, -0.2) is 0 Å². The number of hydrogen-bond donors (Lipinski definition) is 0. The van der Waals surface area contributed by atoms with Gasteiger partial charge >= 0.3 is 0 Å². The lowest BCUT2D eigenvalue weighted by Gasteiger charge is -2.02. The highest BCUT2D eigenvalue weighted by Gasteiger charge is 2.09. The standard InChI is InChI=1S/C16H9BO/c17-13-6-3-5-11-10(13)8-9-15-16(11)12-4-1-2-7-14(12)18-15/h1-9H. The van der Waals surface area contributed by atoms with Crippen molar-refractivity contribution < 1.29 is 4.42 Å². The Morgan fingerprint density at radius 3 is 2.44 bits per heavy atom. The highest BCUT2D eigenvalue weighted by molar-refractivity contribution is 6.40. The topological polar surface area (TPSA) is 13.1 Å². The van der Waals surface area contributed by atoms with Crippen LogP contribution in [-0.4, -0.2) is 7.85 Å². The Balaban J connectivity index is 2.37. The maximum atomic E-state index is 6.03. The predicted octanol–water partition coefficient (Wildman–Crippen LogP) is 3.53. The lowest BCUT2D eigenvalue weighted by Crippen LogP contribution is -2.02. The molecule has 2 radical (unpaired) electrons. The van der Waals surface area contributed by atoms with Crippen LogP contribution in [0.1, 0.15) is 0 Å². The molecule has 0 saturated heterocycles. The minimum Gasteiger partial charge on any atom is -0.456 e. The van der Waals surface area contributed by atoms with E-state index in [9.17, 15) is 0 Å². The molecule has 3 aromatic carbocycles. The van der Waals surface area contributed by atoms with Gasteiger partial charge in [-0.1, -0.05) is 47.9 Å². The second kappa shape index (κ2) is 3.39. The molecular formula is C16H9BO. The smallest absolute Gasteiger partial charge is 0.136 e. The van der Waals surface area contributed by atoms with Crippen LogP contribution in [0.4, 0.5) is 0 Å². The third-order valence-corrected chi connectivity index (χ3v) is 3.43. The third kappa shape index (κ3) is 1.18. The average Bonchev–Trinajstić information content (AvgIpc) is 2.77. The van der Waals surface area contributed by atoms with Crippen molar-refractivity contribution in [3.63, 3.8) is 0 Å². The van der Waals surface area contributed by atoms with Crippen molar-refractivity contribution in [3.05, 3.63) is 54.6 Å². The Labute approximate surface area is 105 Å². The van der Waals surface area contributed by atoms with Crippen LogP contribution in [-0.2, 0) is 0 Å². The number of benzene rings is 3. The van der Waals surface area contributed by atoms with Gasteiger partial charge in [0.1, 0.15) is 19.0 Å². The van der Waals surface area contributed by atoms with E-state index >= 15 is 0 Å². The predicted molar refractivity (Wildman–Crippen MR) is 76.6 cm³/mol. The zero-order chi connectivity index (χ0) is 12.1. The van der Waals surface area contributed by atoms with E-state index in [4.69, 9.17) is 12.3 Å². The van der Waals surface area contributed by atoms with Gasteiger partial charge in [-0.2, -0.15) is 0 Å². The second-order valence-electron chi connectivity index (χ2n) is 4.48. The van der Waals surface area contributed by atoms with Gasteiger partial charge in [0, 0.05) is 10.8 Å². The molecule has 1 aromatic heterocycles. The molecule has 0 fully saturated rings. The molecule has 0 aliphatic rings. The number of hydrogen-bond acceptors (Lipinski definition) is 1. The number of rotatable bonds is 0. The fourth-order valence-corrected chi connectivity index (χ4v) is 2.61. The van der Waals surface area contributed by atoms with Crippen molar-refractivity contribution in [1.29, 1.82) is 0 Å². The summed E-state index contributed by atoms with van der Waals surface area (Å²) in [6.07, 6.45) is 0. The van der Waals surface area contributed by atoms with Crippen molar-refractivity contribution in [1.82, 2.24) is 0 Å². The van der Waals surface area contributed by atoms with Gasteiger partial charge in [-0.3, -0.25) is 0 Å². The molecule has 0 saturated carbocycles. The fraction of sp³-hybridized carbons (Fsp3) is 0. The Kier molecular flexibility index (Phi) is 1.84. The summed E-state index contributed by atoms with van der Waals surface area (Å²) >= 11 is 0. The van der Waals surface area contributed by atoms with Crippen LogP contribution >= 0.6 is 0 Å². The minimum atomic E-state index is 0.805. The molecule has 0 atom stereocenters. The van der Waals surface area contributed by atoms with Crippen LogP contribution in [0.15, 0.2) is 59.0 Å². The first-order valence-corrected chi connectivity index (χ1v) is 5.93. The molecule has 0 unspecified atom stereocenters. The molecule has 0 aliphatic heterocycles. The first-order chi connectivity index (χ1) is 8.84. The van der Waals surface area contributed by atoms with Crippen molar-refractivity contribution in [2.45, 2.75) is 0 Å². The molecule has 2 heteroatoms. The molecule has 4 rings (SSSR count). The first kappa shape index (κ1) is 9.78. The van der Waals surface area contributed by atoms with Crippen LogP contribution in [0.25, 0.3) is 32.7 Å². The highest BCUT2D eigenvalue weighted by atomic mass is 16.3. The van der Waals surface area contributed by atoms with E-state index in [2.05, 4.69) is 12.1 Å². The van der Waals surface area contributed by atoms with Crippen molar-refractivity contribution >= 4 is 46.0 Å². The summed E-state index contributed by atoms with van der Waals surface area (Å²) < 4.78 is 5.86. The largest absolute Gasteiger partial charge is 0.456 e. The van der Waals surface area contributed by atoms with Gasteiger partial charge in [0.2, 0.25) is 0 Å². The van der Waals surface area contributed by atoms with E-state index < -0.39 is 0 Å². The zero-order valence-electron chi connectivity index (χ0n) is 9.68. The Morgan fingerprint density at radius 2 is 1.50 bits per heavy atom. The summed E-state index contributed by atoms with van der Waals surface area (Å²) in [5.74, 6) is 0. The molecule has 4 aromatic rings. The van der Waals surface area contributed by atoms with E-state index in [0.29, 0.717) is 0 Å². The van der Waals surface area contributed by atoms with Gasteiger partial charge in [-0.15, -0.1) is 0 Å². The van der Waals surface area contributed by atoms with Crippen LogP contribution in [0.3, 0.4) is 0 Å². The van der Waals surface area contributed by atoms with Gasteiger partial charge in [0.15, 0.2) is 0 Å². The molecular weight excluding hydrogens is 219 g/mol. The molecule has 0 aliphatic carbocycles. The molecule has 1 nitrogen and oxygen atoms in total. The van der Waals surface area contributed by atoms with Gasteiger partial charge in [0.05, 0.1) is 0 Å². The maximum Gasteiger partial charge on any atom is 0.136 e. The van der Waals surface area contributed by atoms with Crippen LogP contribution in [0.2, 0.25) is 0 Å². The van der Waals surface area contributed by atoms with E-state index in [-0.39, 0.29) is 0 Å². The average molecular weight is 228 g/mol. The van der Waals surface area contributed by atoms with Gasteiger partial charge in [0.25, 0.3) is 0 Å². The molecule has 82 valence electrons. The Morgan fingerprint density at radius 1 is 0.667 bits per heavy atom. The lowest BCUT2D eigenvalue weighted by atomic mass is 9.89. The number of fused-ring (bicyclic) bond motifs is 5. The number of furan rings is 1. The first-order valence-electron chi connectivity index (χ1n) is 5.93. The van der Waals surface area contributed by atoms with Crippen molar-refractivity contribution in [2.75, 3.05) is 0 Å². The fourth-order valence-electron chi connectivity index (χ4n) is 2.61. The van der Waals surface area contributed by atoms with Crippen LogP contribution < -0.4 is 5.46 Å². The van der Waals surface area contributed by atoms with Crippen LogP contribution in [0.5, 0.6) is 0 Å². The van der Waals surface area contributed by atoms with E-state index in [1.807, 2.05) is 42.5 Å². The molecule has 0 spiro atoms. The summed E-state index contributed by atoms with van der Waals surface area (Å²) in [7, 11) is 6.03. The summed E-state index contributed by atoms with van der Waals surface area (Å²) in [5, 5.41) is 4.52. The van der Waals surface area contributed by atoms with Crippen LogP contribution in [0, 0.1) is 0 Å². The zero-order valence-corrected chi connectivity index (χ0v) is 9.68. The summed E-state index contributed by atoms with van der Waals surface area (Å²) in [5.41, 5.74) is 2.64. The molecule has 0 N–H and O–H groups in total. The third-order valence-electron chi connectivity index (χ3n) is 3.43. The second-order valence-corrected chi connectivity index (χ2v) is 4.48. The number of para-hydroxylation sites is 1. The van der Waals surface area contributed by atoms with E-state index in [1.165, 1.54) is 0 Å². The monoisotopic (exact) mass is 228 g/mol. The summed E-state index contributed by atoms with van der Waals surface area (Å²) in [4.78, 5) is 0. The Bertz CT molecular complexity index is 889. The Hall–Kier alpha value is -2.22. The summed E-state index contributed by atoms with van der Waals surface area (Å²) in [6.45, 7) is 0. The lowest BCUT2D eigenvalue weighted by molar-refractivity contribution is 0.669. The molecule has 0 bridgehead atoms. The minimum absolute atomic E-state index is 0.805. The quantitative estimate of drug-likeness (QED) is 0.419. The van der Waals surface area contributed by atoms with Crippen molar-refractivity contribution in [3.8, 4) is 0 Å². The molecule has 18 heavy (non-hydrogen) atoms. The van der Waals surface area contributed by atoms with E-state index in [0.717, 1.165) is 38.2 Å². The van der Waals surface area contributed by atoms with E-state index in [1.54, 1.807) is 0 Å².